The van der Waals surface area contributed by atoms with Crippen molar-refractivity contribution in [2.24, 2.45) is 4.99 Å². The molecule has 0 saturated heterocycles. The lowest BCUT2D eigenvalue weighted by Gasteiger charge is -2.13. The van der Waals surface area contributed by atoms with E-state index in [4.69, 9.17) is 8.83 Å². The topological polar surface area (TPSA) is 95.8 Å². The first-order valence-corrected chi connectivity index (χ1v) is 8.90. The lowest BCUT2D eigenvalue weighted by Crippen LogP contribution is -2.39. The fourth-order valence-electron chi connectivity index (χ4n) is 2.48. The van der Waals surface area contributed by atoms with E-state index in [2.05, 4.69) is 20.6 Å². The van der Waals surface area contributed by atoms with Crippen LogP contribution in [0.5, 0.6) is 0 Å². The highest BCUT2D eigenvalue weighted by atomic mass is 127. The van der Waals surface area contributed by atoms with E-state index in [9.17, 15) is 5.11 Å². The highest BCUT2D eigenvalue weighted by Crippen LogP contribution is 2.19. The quantitative estimate of drug-likeness (QED) is 0.263. The van der Waals surface area contributed by atoms with E-state index in [1.165, 1.54) is 11.8 Å². The fraction of sp³-hybridized carbons (Fsp3) is 0.300. The largest absolute Gasteiger partial charge is 0.467 e. The monoisotopic (exact) mass is 496 g/mol. The van der Waals surface area contributed by atoms with E-state index in [0.29, 0.717) is 30.7 Å². The Balaban J connectivity index is 0.00000280. The zero-order chi connectivity index (χ0) is 19.1. The third-order valence-electron chi connectivity index (χ3n) is 3.93. The molecule has 28 heavy (non-hydrogen) atoms. The Labute approximate surface area is 181 Å². The Morgan fingerprint density at radius 2 is 1.96 bits per heavy atom. The summed E-state index contributed by atoms with van der Waals surface area (Å²) in [5, 5.41) is 16.3. The molecule has 2 heterocycles. The number of nitrogens with zero attached hydrogens (tertiary/aromatic N) is 2. The summed E-state index contributed by atoms with van der Waals surface area (Å²) in [6.45, 7) is 5.37. The predicted molar refractivity (Wildman–Crippen MR) is 119 cm³/mol. The van der Waals surface area contributed by atoms with Crippen LogP contribution < -0.4 is 10.6 Å². The maximum absolute atomic E-state index is 10.1. The van der Waals surface area contributed by atoms with Gasteiger partial charge in [0.2, 0.25) is 5.89 Å². The van der Waals surface area contributed by atoms with Crippen molar-refractivity contribution in [3.63, 3.8) is 0 Å². The van der Waals surface area contributed by atoms with E-state index >= 15 is 0 Å². The molecule has 0 spiro atoms. The average molecular weight is 496 g/mol. The molecule has 2 aromatic heterocycles. The van der Waals surface area contributed by atoms with Crippen LogP contribution in [-0.4, -0.2) is 29.1 Å². The smallest absolute Gasteiger partial charge is 0.226 e. The molecule has 3 aromatic rings. The van der Waals surface area contributed by atoms with Gasteiger partial charge in [-0.25, -0.2) is 9.98 Å². The summed E-state index contributed by atoms with van der Waals surface area (Å²) in [4.78, 5) is 8.97. The number of benzene rings is 1. The second kappa shape index (κ2) is 10.9. The number of nitrogens with one attached hydrogen (secondary N) is 2. The van der Waals surface area contributed by atoms with Gasteiger partial charge in [-0.15, -0.1) is 24.0 Å². The molecule has 0 aliphatic carbocycles. The number of aliphatic hydroxyl groups excluding tert-OH is 1. The van der Waals surface area contributed by atoms with E-state index in [-0.39, 0.29) is 30.5 Å². The van der Waals surface area contributed by atoms with E-state index in [1.807, 2.05) is 38.1 Å². The average Bonchev–Trinajstić information content (AvgIpc) is 3.36. The maximum Gasteiger partial charge on any atom is 0.226 e. The van der Waals surface area contributed by atoms with Crippen LogP contribution in [0, 0.1) is 6.92 Å². The standard InChI is InChI=1S/C20H24N4O3.HI/c1-3-21-20(23-12-17(25)18-5-4-10-26-18)22-11-16-13-27-19(24-16)15-8-6-14(2)7-9-15;/h4-10,13,17,25H,3,11-12H2,1-2H3,(H2,21,22,23);1H. The molecule has 150 valence electrons. The molecule has 0 amide bonds. The molecular formula is C20H25IN4O3. The molecule has 3 rings (SSSR count). The minimum atomic E-state index is -0.746. The van der Waals surface area contributed by atoms with Gasteiger partial charge in [-0.2, -0.15) is 0 Å². The lowest BCUT2D eigenvalue weighted by molar-refractivity contribution is 0.153. The van der Waals surface area contributed by atoms with Gasteiger partial charge in [-0.1, -0.05) is 17.7 Å². The van der Waals surface area contributed by atoms with Crippen LogP contribution >= 0.6 is 24.0 Å². The molecule has 8 heteroatoms. The van der Waals surface area contributed by atoms with E-state index in [0.717, 1.165) is 11.3 Å². The summed E-state index contributed by atoms with van der Waals surface area (Å²) in [6, 6.07) is 11.5. The predicted octanol–water partition coefficient (Wildman–Crippen LogP) is 3.65. The van der Waals surface area contributed by atoms with Gasteiger partial charge in [0.05, 0.1) is 19.4 Å². The molecule has 0 saturated carbocycles. The van der Waals surface area contributed by atoms with Gasteiger partial charge in [0, 0.05) is 12.1 Å². The third kappa shape index (κ3) is 6.10. The molecule has 0 aliphatic heterocycles. The summed E-state index contributed by atoms with van der Waals surface area (Å²) in [7, 11) is 0. The molecule has 3 N–H and O–H groups in total. The first kappa shape index (κ1) is 22.0. The minimum absolute atomic E-state index is 0. The van der Waals surface area contributed by atoms with Gasteiger partial charge in [0.25, 0.3) is 0 Å². The van der Waals surface area contributed by atoms with Crippen molar-refractivity contribution in [1.82, 2.24) is 15.6 Å². The highest BCUT2D eigenvalue weighted by Gasteiger charge is 2.11. The lowest BCUT2D eigenvalue weighted by atomic mass is 10.1. The van der Waals surface area contributed by atoms with Gasteiger partial charge in [-0.05, 0) is 38.1 Å². The summed E-state index contributed by atoms with van der Waals surface area (Å²) in [5.41, 5.74) is 2.85. The van der Waals surface area contributed by atoms with Crippen molar-refractivity contribution in [1.29, 1.82) is 0 Å². The van der Waals surface area contributed by atoms with Crippen molar-refractivity contribution in [2.75, 3.05) is 13.1 Å². The molecule has 0 aliphatic rings. The zero-order valence-corrected chi connectivity index (χ0v) is 18.2. The van der Waals surface area contributed by atoms with E-state index < -0.39 is 6.10 Å². The third-order valence-corrected chi connectivity index (χ3v) is 3.93. The summed E-state index contributed by atoms with van der Waals surface area (Å²) in [5.74, 6) is 1.67. The van der Waals surface area contributed by atoms with Crippen molar-refractivity contribution < 1.29 is 13.9 Å². The maximum atomic E-state index is 10.1. The SMILES string of the molecule is CCNC(=NCc1coc(-c2ccc(C)cc2)n1)NCC(O)c1ccco1.I. The van der Waals surface area contributed by atoms with Crippen molar-refractivity contribution in [3.05, 3.63) is 65.9 Å². The number of oxazole rings is 1. The molecule has 1 aromatic carbocycles. The summed E-state index contributed by atoms with van der Waals surface area (Å²) >= 11 is 0. The van der Waals surface area contributed by atoms with Crippen molar-refractivity contribution in [2.45, 2.75) is 26.5 Å². The van der Waals surface area contributed by atoms with Crippen LogP contribution in [0.25, 0.3) is 11.5 Å². The second-order valence-corrected chi connectivity index (χ2v) is 6.12. The van der Waals surface area contributed by atoms with Crippen molar-refractivity contribution >= 4 is 29.9 Å². The van der Waals surface area contributed by atoms with Crippen molar-refractivity contribution in [3.8, 4) is 11.5 Å². The molecule has 0 bridgehead atoms. The number of aromatic nitrogens is 1. The minimum Gasteiger partial charge on any atom is -0.467 e. The number of aryl methyl sites for hydroxylation is 1. The Morgan fingerprint density at radius 3 is 2.64 bits per heavy atom. The van der Waals surface area contributed by atoms with Crippen LogP contribution in [0.2, 0.25) is 0 Å². The van der Waals surface area contributed by atoms with Gasteiger partial charge >= 0.3 is 0 Å². The number of hydrogen-bond acceptors (Lipinski definition) is 5. The number of halogens is 1. The van der Waals surface area contributed by atoms with Crippen LogP contribution in [0.15, 0.2) is 62.8 Å². The normalized spacial score (nSPS) is 12.3. The van der Waals surface area contributed by atoms with Gasteiger partial charge in [0.1, 0.15) is 23.8 Å². The Morgan fingerprint density at radius 1 is 1.18 bits per heavy atom. The summed E-state index contributed by atoms with van der Waals surface area (Å²) in [6.07, 6.45) is 2.40. The first-order valence-electron chi connectivity index (χ1n) is 8.90. The summed E-state index contributed by atoms with van der Waals surface area (Å²) < 4.78 is 10.8. The number of aliphatic imine (C=N–C) groups is 1. The number of furan rings is 1. The van der Waals surface area contributed by atoms with Gasteiger partial charge in [-0.3, -0.25) is 0 Å². The zero-order valence-electron chi connectivity index (χ0n) is 15.9. The Hall–Kier alpha value is -2.33. The number of hydrogen-bond donors (Lipinski definition) is 3. The molecule has 1 unspecified atom stereocenters. The molecule has 0 fully saturated rings. The number of guanidine groups is 1. The molecule has 1 atom stereocenters. The van der Waals surface area contributed by atoms with Crippen LogP contribution in [-0.2, 0) is 6.54 Å². The molecule has 0 radical (unpaired) electrons. The molecule has 7 nitrogen and oxygen atoms in total. The highest BCUT2D eigenvalue weighted by molar-refractivity contribution is 14.0. The first-order chi connectivity index (χ1) is 13.2. The molecular weight excluding hydrogens is 471 g/mol. The van der Waals surface area contributed by atoms with Gasteiger partial charge < -0.3 is 24.6 Å². The second-order valence-electron chi connectivity index (χ2n) is 6.12. The van der Waals surface area contributed by atoms with Crippen LogP contribution in [0.1, 0.15) is 30.0 Å². The Kier molecular flexibility index (Phi) is 8.52. The number of rotatable bonds is 7. The van der Waals surface area contributed by atoms with Crippen LogP contribution in [0.3, 0.4) is 0 Å². The fourth-order valence-corrected chi connectivity index (χ4v) is 2.48. The van der Waals surface area contributed by atoms with Gasteiger partial charge in [0.15, 0.2) is 5.96 Å². The van der Waals surface area contributed by atoms with E-state index in [1.54, 1.807) is 18.4 Å². The van der Waals surface area contributed by atoms with Crippen LogP contribution in [0.4, 0.5) is 0 Å². The number of aliphatic hydroxyl groups is 1. The Bertz CT molecular complexity index is 860.